The summed E-state index contributed by atoms with van der Waals surface area (Å²) in [4.78, 5) is 30.0. The van der Waals surface area contributed by atoms with Crippen LogP contribution in [-0.4, -0.2) is 39.1 Å². The van der Waals surface area contributed by atoms with Crippen LogP contribution in [-0.2, 0) is 22.7 Å². The summed E-state index contributed by atoms with van der Waals surface area (Å²) in [7, 11) is 1.53. The first-order valence-electron chi connectivity index (χ1n) is 12.8. The molecule has 11 heteroatoms. The summed E-state index contributed by atoms with van der Waals surface area (Å²) in [5.74, 6) is 0.00229. The number of furan rings is 1. The number of para-hydroxylation sites is 1. The lowest BCUT2D eigenvalue weighted by molar-refractivity contribution is -0.127. The molecule has 1 N–H and O–H groups in total. The first-order valence-corrected chi connectivity index (χ1v) is 12.8. The van der Waals surface area contributed by atoms with Crippen LogP contribution >= 0.6 is 0 Å². The maximum atomic E-state index is 15.3. The SMILES string of the molecule is COc1ccc([C@H](C(=O)NCc2ccccc2)N(C(=O)Cn2nnc(-c3ccc(C)o3)n2)c2ccccc2F)cc1. The van der Waals surface area contributed by atoms with Crippen molar-refractivity contribution in [2.24, 2.45) is 0 Å². The molecule has 3 aromatic carbocycles. The third-order valence-electron chi connectivity index (χ3n) is 6.32. The van der Waals surface area contributed by atoms with Crippen molar-refractivity contribution < 1.29 is 23.1 Å². The second-order valence-corrected chi connectivity index (χ2v) is 9.15. The van der Waals surface area contributed by atoms with E-state index in [4.69, 9.17) is 9.15 Å². The lowest BCUT2D eigenvalue weighted by Crippen LogP contribution is -2.45. The lowest BCUT2D eigenvalue weighted by Gasteiger charge is -2.31. The predicted molar refractivity (Wildman–Crippen MR) is 148 cm³/mol. The van der Waals surface area contributed by atoms with Crippen molar-refractivity contribution in [2.45, 2.75) is 26.1 Å². The third-order valence-corrected chi connectivity index (χ3v) is 6.32. The van der Waals surface area contributed by atoms with Gasteiger partial charge in [0, 0.05) is 6.54 Å². The number of halogens is 1. The molecular formula is C30H27FN6O4. The summed E-state index contributed by atoms with van der Waals surface area (Å²) in [6.07, 6.45) is 0. The highest BCUT2D eigenvalue weighted by molar-refractivity contribution is 6.01. The van der Waals surface area contributed by atoms with E-state index in [0.29, 0.717) is 22.8 Å². The smallest absolute Gasteiger partial charge is 0.251 e. The molecule has 2 heterocycles. The molecule has 2 amide bonds. The summed E-state index contributed by atoms with van der Waals surface area (Å²) in [6, 6.07) is 24.0. The maximum absolute atomic E-state index is 15.3. The number of hydrogen-bond acceptors (Lipinski definition) is 7. The van der Waals surface area contributed by atoms with Crippen LogP contribution in [0.1, 0.15) is 22.9 Å². The number of amides is 2. The minimum Gasteiger partial charge on any atom is -0.497 e. The van der Waals surface area contributed by atoms with E-state index < -0.39 is 30.2 Å². The van der Waals surface area contributed by atoms with E-state index in [9.17, 15) is 9.59 Å². The van der Waals surface area contributed by atoms with Gasteiger partial charge in [-0.1, -0.05) is 54.6 Å². The topological polar surface area (TPSA) is 115 Å². The van der Waals surface area contributed by atoms with Crippen LogP contribution in [0.2, 0.25) is 0 Å². The normalized spacial score (nSPS) is 11.6. The zero-order valence-corrected chi connectivity index (χ0v) is 22.4. The number of rotatable bonds is 10. The van der Waals surface area contributed by atoms with Crippen LogP contribution < -0.4 is 15.0 Å². The first kappa shape index (κ1) is 27.3. The number of nitrogens with zero attached hydrogens (tertiary/aromatic N) is 5. The van der Waals surface area contributed by atoms with Crippen LogP contribution in [0.4, 0.5) is 10.1 Å². The second kappa shape index (κ2) is 12.2. The molecule has 0 fully saturated rings. The molecular weight excluding hydrogens is 527 g/mol. The number of aryl methyl sites for hydroxylation is 1. The number of anilines is 1. The molecule has 2 aromatic heterocycles. The fraction of sp³-hybridized carbons (Fsp3) is 0.167. The van der Waals surface area contributed by atoms with E-state index in [1.165, 1.54) is 25.3 Å². The molecule has 0 aliphatic heterocycles. The molecule has 0 unspecified atom stereocenters. The summed E-state index contributed by atoms with van der Waals surface area (Å²) in [6.45, 7) is 1.58. The first-order chi connectivity index (χ1) is 19.9. The Morgan fingerprint density at radius 1 is 1.00 bits per heavy atom. The number of nitrogens with one attached hydrogen (secondary N) is 1. The van der Waals surface area contributed by atoms with E-state index in [0.717, 1.165) is 15.3 Å². The predicted octanol–water partition coefficient (Wildman–Crippen LogP) is 4.48. The molecule has 208 valence electrons. The zero-order chi connectivity index (χ0) is 28.8. The highest BCUT2D eigenvalue weighted by atomic mass is 19.1. The Kier molecular flexibility index (Phi) is 8.14. The van der Waals surface area contributed by atoms with Crippen molar-refractivity contribution in [3.63, 3.8) is 0 Å². The van der Waals surface area contributed by atoms with E-state index in [1.807, 2.05) is 30.3 Å². The van der Waals surface area contributed by atoms with Gasteiger partial charge in [0.2, 0.25) is 11.7 Å². The molecule has 0 radical (unpaired) electrons. The molecule has 5 rings (SSSR count). The highest BCUT2D eigenvalue weighted by Gasteiger charge is 2.34. The third kappa shape index (κ3) is 6.30. The number of aromatic nitrogens is 4. The molecule has 5 aromatic rings. The van der Waals surface area contributed by atoms with Gasteiger partial charge in [0.1, 0.15) is 29.9 Å². The van der Waals surface area contributed by atoms with Crippen LogP contribution in [0, 0.1) is 12.7 Å². The Bertz CT molecular complexity index is 1630. The van der Waals surface area contributed by atoms with E-state index in [1.54, 1.807) is 49.4 Å². The van der Waals surface area contributed by atoms with Gasteiger partial charge in [0.05, 0.1) is 12.8 Å². The van der Waals surface area contributed by atoms with E-state index in [-0.39, 0.29) is 18.1 Å². The lowest BCUT2D eigenvalue weighted by atomic mass is 10.0. The molecule has 0 spiro atoms. The fourth-order valence-corrected chi connectivity index (χ4v) is 4.31. The Labute approximate surface area is 235 Å². The van der Waals surface area contributed by atoms with Crippen molar-refractivity contribution in [1.82, 2.24) is 25.5 Å². The molecule has 1 atom stereocenters. The Hall–Kier alpha value is -5.32. The largest absolute Gasteiger partial charge is 0.497 e. The summed E-state index contributed by atoms with van der Waals surface area (Å²) >= 11 is 0. The molecule has 0 saturated carbocycles. The summed E-state index contributed by atoms with van der Waals surface area (Å²) in [5, 5.41) is 15.1. The number of hydrogen-bond donors (Lipinski definition) is 1. The number of carbonyl (C=O) groups is 2. The van der Waals surface area contributed by atoms with Crippen LogP contribution in [0.5, 0.6) is 5.75 Å². The minimum atomic E-state index is -1.23. The van der Waals surface area contributed by atoms with Crippen LogP contribution in [0.25, 0.3) is 11.6 Å². The van der Waals surface area contributed by atoms with Crippen molar-refractivity contribution in [3.05, 3.63) is 114 Å². The van der Waals surface area contributed by atoms with Crippen LogP contribution in [0.15, 0.2) is 95.4 Å². The van der Waals surface area contributed by atoms with Gasteiger partial charge in [0.15, 0.2) is 5.76 Å². The molecule has 10 nitrogen and oxygen atoms in total. The standard InChI is InChI=1S/C30H27FN6O4/c1-20-12-17-26(41-20)29-33-35-36(34-29)19-27(38)37(25-11-7-6-10-24(25)31)28(22-13-15-23(40-2)16-14-22)30(39)32-18-21-8-4-3-5-9-21/h3-17,28H,18-19H2,1-2H3,(H,32,39)/t28-/m1/s1. The Balaban J connectivity index is 1.51. The number of benzene rings is 3. The summed E-state index contributed by atoms with van der Waals surface area (Å²) in [5.41, 5.74) is 1.24. The van der Waals surface area contributed by atoms with Gasteiger partial charge in [-0.05, 0) is 59.7 Å². The molecule has 0 saturated heterocycles. The Morgan fingerprint density at radius 3 is 2.41 bits per heavy atom. The second-order valence-electron chi connectivity index (χ2n) is 9.15. The van der Waals surface area contributed by atoms with Crippen molar-refractivity contribution in [1.29, 1.82) is 0 Å². The van der Waals surface area contributed by atoms with E-state index in [2.05, 4.69) is 20.7 Å². The van der Waals surface area contributed by atoms with Gasteiger partial charge in [-0.15, -0.1) is 10.2 Å². The highest BCUT2D eigenvalue weighted by Crippen LogP contribution is 2.31. The Morgan fingerprint density at radius 2 is 1.73 bits per heavy atom. The fourth-order valence-electron chi connectivity index (χ4n) is 4.31. The van der Waals surface area contributed by atoms with Gasteiger partial charge < -0.3 is 14.5 Å². The molecule has 0 aliphatic carbocycles. The quantitative estimate of drug-likeness (QED) is 0.271. The van der Waals surface area contributed by atoms with Gasteiger partial charge in [-0.3, -0.25) is 14.5 Å². The van der Waals surface area contributed by atoms with E-state index >= 15 is 4.39 Å². The molecule has 41 heavy (non-hydrogen) atoms. The maximum Gasteiger partial charge on any atom is 0.251 e. The number of methoxy groups -OCH3 is 1. The van der Waals surface area contributed by atoms with Gasteiger partial charge in [-0.2, -0.15) is 4.80 Å². The molecule has 0 bridgehead atoms. The summed E-state index contributed by atoms with van der Waals surface area (Å²) < 4.78 is 26.1. The average Bonchev–Trinajstić information content (AvgIpc) is 3.64. The number of ether oxygens (including phenoxy) is 1. The monoisotopic (exact) mass is 554 g/mol. The minimum absolute atomic E-state index is 0.0739. The van der Waals surface area contributed by atoms with Crippen LogP contribution in [0.3, 0.4) is 0 Å². The van der Waals surface area contributed by atoms with Gasteiger partial charge >= 0.3 is 0 Å². The van der Waals surface area contributed by atoms with Crippen molar-refractivity contribution in [2.75, 3.05) is 12.0 Å². The number of tetrazole rings is 1. The van der Waals surface area contributed by atoms with Gasteiger partial charge in [-0.25, -0.2) is 4.39 Å². The van der Waals surface area contributed by atoms with Crippen molar-refractivity contribution >= 4 is 17.5 Å². The van der Waals surface area contributed by atoms with Crippen molar-refractivity contribution in [3.8, 4) is 17.3 Å². The number of carbonyl (C=O) groups excluding carboxylic acids is 2. The molecule has 0 aliphatic rings. The zero-order valence-electron chi connectivity index (χ0n) is 22.4. The average molecular weight is 555 g/mol. The van der Waals surface area contributed by atoms with Gasteiger partial charge in [0.25, 0.3) is 5.91 Å².